The summed E-state index contributed by atoms with van der Waals surface area (Å²) in [6.07, 6.45) is 2.70. The van der Waals surface area contributed by atoms with E-state index in [4.69, 9.17) is 0 Å². The van der Waals surface area contributed by atoms with E-state index in [-0.39, 0.29) is 29.9 Å². The van der Waals surface area contributed by atoms with Crippen molar-refractivity contribution in [3.05, 3.63) is 34.4 Å². The third-order valence-electron chi connectivity index (χ3n) is 3.94. The molecule has 0 bridgehead atoms. The second-order valence-corrected chi connectivity index (χ2v) is 6.95. The van der Waals surface area contributed by atoms with Gasteiger partial charge in [-0.2, -0.15) is 0 Å². The van der Waals surface area contributed by atoms with Gasteiger partial charge in [-0.25, -0.2) is 13.1 Å². The van der Waals surface area contributed by atoms with Crippen LogP contribution in [-0.4, -0.2) is 31.6 Å². The van der Waals surface area contributed by atoms with Gasteiger partial charge in [0, 0.05) is 19.2 Å². The van der Waals surface area contributed by atoms with Crippen molar-refractivity contribution >= 4 is 15.7 Å². The van der Waals surface area contributed by atoms with Crippen LogP contribution >= 0.6 is 0 Å². The van der Waals surface area contributed by atoms with Crippen LogP contribution in [0, 0.1) is 22.0 Å². The molecule has 21 heavy (non-hydrogen) atoms. The maximum Gasteiger partial charge on any atom is 0.289 e. The molecule has 8 heteroatoms. The zero-order valence-electron chi connectivity index (χ0n) is 11.4. The maximum atomic E-state index is 12.2. The number of hydrogen-bond acceptors (Lipinski definition) is 5. The number of sulfonamides is 1. The molecule has 2 rings (SSSR count). The Morgan fingerprint density at radius 2 is 1.95 bits per heavy atom. The Bertz CT molecular complexity index is 617. The summed E-state index contributed by atoms with van der Waals surface area (Å²) in [4.78, 5) is 9.87. The van der Waals surface area contributed by atoms with Gasteiger partial charge in [-0.1, -0.05) is 18.6 Å². The zero-order valence-corrected chi connectivity index (χ0v) is 12.3. The van der Waals surface area contributed by atoms with Crippen molar-refractivity contribution in [2.24, 2.45) is 11.8 Å². The Morgan fingerprint density at radius 3 is 2.62 bits per heavy atom. The summed E-state index contributed by atoms with van der Waals surface area (Å²) in [5.41, 5.74) is -0.435. The minimum atomic E-state index is -3.93. The molecule has 0 amide bonds. The van der Waals surface area contributed by atoms with Gasteiger partial charge in [-0.3, -0.25) is 10.1 Å². The van der Waals surface area contributed by atoms with Gasteiger partial charge < -0.3 is 5.11 Å². The van der Waals surface area contributed by atoms with Crippen molar-refractivity contribution < 1.29 is 18.4 Å². The molecule has 0 heterocycles. The summed E-state index contributed by atoms with van der Waals surface area (Å²) < 4.78 is 26.9. The number of hydrogen-bond donors (Lipinski definition) is 2. The van der Waals surface area contributed by atoms with E-state index in [0.29, 0.717) is 0 Å². The number of nitrogens with zero attached hydrogens (tertiary/aromatic N) is 1. The van der Waals surface area contributed by atoms with E-state index in [1.165, 1.54) is 24.3 Å². The number of rotatable bonds is 6. The Balaban J connectivity index is 2.14. The van der Waals surface area contributed by atoms with Gasteiger partial charge >= 0.3 is 0 Å². The van der Waals surface area contributed by atoms with Crippen LogP contribution in [0.15, 0.2) is 29.2 Å². The minimum Gasteiger partial charge on any atom is -0.396 e. The van der Waals surface area contributed by atoms with Crippen molar-refractivity contribution in [3.63, 3.8) is 0 Å². The molecule has 7 nitrogen and oxygen atoms in total. The predicted octanol–water partition coefficient (Wildman–Crippen LogP) is 1.28. The first-order valence-corrected chi connectivity index (χ1v) is 8.28. The van der Waals surface area contributed by atoms with Gasteiger partial charge in [-0.15, -0.1) is 0 Å². The fraction of sp³-hybridized carbons (Fsp3) is 0.538. The van der Waals surface area contributed by atoms with E-state index < -0.39 is 20.6 Å². The minimum absolute atomic E-state index is 0.0396. The van der Waals surface area contributed by atoms with Crippen molar-refractivity contribution in [3.8, 4) is 0 Å². The summed E-state index contributed by atoms with van der Waals surface area (Å²) in [5.74, 6) is 0.172. The Hall–Kier alpha value is -1.51. The zero-order chi connectivity index (χ0) is 15.5. The molecule has 2 atom stereocenters. The molecule has 0 aromatic heterocycles. The van der Waals surface area contributed by atoms with Gasteiger partial charge in [0.25, 0.3) is 5.69 Å². The van der Waals surface area contributed by atoms with Crippen LogP contribution in [0.25, 0.3) is 0 Å². The second-order valence-electron chi connectivity index (χ2n) is 5.21. The van der Waals surface area contributed by atoms with Crippen LogP contribution in [0.5, 0.6) is 0 Å². The highest BCUT2D eigenvalue weighted by molar-refractivity contribution is 7.89. The van der Waals surface area contributed by atoms with E-state index in [0.717, 1.165) is 19.3 Å². The Labute approximate surface area is 123 Å². The number of nitro benzene ring substituents is 1. The molecule has 0 saturated heterocycles. The third kappa shape index (κ3) is 3.58. The molecule has 1 saturated carbocycles. The monoisotopic (exact) mass is 314 g/mol. The average Bonchev–Trinajstić information content (AvgIpc) is 2.92. The lowest BCUT2D eigenvalue weighted by Crippen LogP contribution is -2.32. The average molecular weight is 314 g/mol. The van der Waals surface area contributed by atoms with E-state index in [9.17, 15) is 23.6 Å². The van der Waals surface area contributed by atoms with Gasteiger partial charge in [0.15, 0.2) is 4.90 Å². The van der Waals surface area contributed by atoms with E-state index in [1.54, 1.807) is 0 Å². The highest BCUT2D eigenvalue weighted by Gasteiger charge is 2.30. The summed E-state index contributed by atoms with van der Waals surface area (Å²) in [7, 11) is -3.93. The summed E-state index contributed by atoms with van der Waals surface area (Å²) in [6, 6.07) is 5.27. The second kappa shape index (κ2) is 6.50. The van der Waals surface area contributed by atoms with Gasteiger partial charge in [0.05, 0.1) is 4.92 Å². The van der Waals surface area contributed by atoms with Crippen molar-refractivity contribution in [2.45, 2.75) is 24.2 Å². The standard InChI is InChI=1S/C13H18N2O5S/c16-9-11-5-3-4-10(11)8-14-21(19,20)13-7-2-1-6-12(13)15(17)18/h1-2,6-7,10-11,14,16H,3-5,8-9H2. The smallest absolute Gasteiger partial charge is 0.289 e. The van der Waals surface area contributed by atoms with Gasteiger partial charge in [0.1, 0.15) is 0 Å². The molecule has 0 radical (unpaired) electrons. The van der Waals surface area contributed by atoms with Gasteiger partial charge in [0.2, 0.25) is 10.0 Å². The molecule has 1 aliphatic rings. The molecular formula is C13H18N2O5S. The molecule has 0 spiro atoms. The molecule has 1 aromatic rings. The SMILES string of the molecule is O=[N+]([O-])c1ccccc1S(=O)(=O)NCC1CCCC1CO. The van der Waals surface area contributed by atoms with Crippen LogP contribution in [-0.2, 0) is 10.0 Å². The topological polar surface area (TPSA) is 110 Å². The molecular weight excluding hydrogens is 296 g/mol. The normalized spacial score (nSPS) is 22.3. The fourth-order valence-corrected chi connectivity index (χ4v) is 4.02. The summed E-state index contributed by atoms with van der Waals surface area (Å²) >= 11 is 0. The van der Waals surface area contributed by atoms with Crippen LogP contribution in [0.2, 0.25) is 0 Å². The summed E-state index contributed by atoms with van der Waals surface area (Å²) in [6.45, 7) is 0.234. The first kappa shape index (κ1) is 15.9. The number of benzene rings is 1. The number of nitro groups is 1. The number of para-hydroxylation sites is 1. The van der Waals surface area contributed by atoms with E-state index >= 15 is 0 Å². The number of nitrogens with one attached hydrogen (secondary N) is 1. The summed E-state index contributed by atoms with van der Waals surface area (Å²) in [5, 5.41) is 20.1. The number of aliphatic hydroxyl groups excluding tert-OH is 1. The molecule has 116 valence electrons. The van der Waals surface area contributed by atoms with Crippen LogP contribution < -0.4 is 4.72 Å². The predicted molar refractivity (Wildman–Crippen MR) is 76.2 cm³/mol. The molecule has 2 N–H and O–H groups in total. The Morgan fingerprint density at radius 1 is 1.29 bits per heavy atom. The van der Waals surface area contributed by atoms with E-state index in [2.05, 4.69) is 4.72 Å². The molecule has 1 aromatic carbocycles. The molecule has 1 fully saturated rings. The van der Waals surface area contributed by atoms with Crippen molar-refractivity contribution in [1.82, 2.24) is 4.72 Å². The lowest BCUT2D eigenvalue weighted by atomic mass is 9.97. The van der Waals surface area contributed by atoms with Crippen LogP contribution in [0.1, 0.15) is 19.3 Å². The largest absolute Gasteiger partial charge is 0.396 e. The molecule has 0 aliphatic heterocycles. The lowest BCUT2D eigenvalue weighted by molar-refractivity contribution is -0.387. The molecule has 1 aliphatic carbocycles. The van der Waals surface area contributed by atoms with Crippen LogP contribution in [0.3, 0.4) is 0 Å². The first-order valence-electron chi connectivity index (χ1n) is 6.79. The highest BCUT2D eigenvalue weighted by atomic mass is 32.2. The first-order chi connectivity index (χ1) is 9.95. The molecule has 2 unspecified atom stereocenters. The van der Waals surface area contributed by atoms with Crippen molar-refractivity contribution in [2.75, 3.05) is 13.2 Å². The quantitative estimate of drug-likeness (QED) is 0.607. The third-order valence-corrected chi connectivity index (χ3v) is 5.41. The van der Waals surface area contributed by atoms with Crippen LogP contribution in [0.4, 0.5) is 5.69 Å². The Kier molecular flexibility index (Phi) is 4.92. The number of aliphatic hydroxyl groups is 1. The van der Waals surface area contributed by atoms with Gasteiger partial charge in [-0.05, 0) is 30.7 Å². The van der Waals surface area contributed by atoms with Crippen molar-refractivity contribution in [1.29, 1.82) is 0 Å². The highest BCUT2D eigenvalue weighted by Crippen LogP contribution is 2.31. The fourth-order valence-electron chi connectivity index (χ4n) is 2.75. The van der Waals surface area contributed by atoms with E-state index in [1.807, 2.05) is 0 Å². The maximum absolute atomic E-state index is 12.2. The lowest BCUT2D eigenvalue weighted by Gasteiger charge is -2.17.